The van der Waals surface area contributed by atoms with Crippen LogP contribution in [0.4, 0.5) is 0 Å². The first-order chi connectivity index (χ1) is 9.67. The topological polar surface area (TPSA) is 28.7 Å². The lowest BCUT2D eigenvalue weighted by Crippen LogP contribution is -1.97. The highest BCUT2D eigenvalue weighted by molar-refractivity contribution is 7.99. The van der Waals surface area contributed by atoms with Gasteiger partial charge in [-0.2, -0.15) is 0 Å². The molecular formula is C15H17ClN2S2. The van der Waals surface area contributed by atoms with E-state index in [2.05, 4.69) is 22.1 Å². The van der Waals surface area contributed by atoms with Crippen LogP contribution in [0.2, 0.25) is 0 Å². The molecule has 106 valence electrons. The summed E-state index contributed by atoms with van der Waals surface area (Å²) in [5, 5.41) is 0. The van der Waals surface area contributed by atoms with Gasteiger partial charge in [-0.05, 0) is 43.4 Å². The van der Waals surface area contributed by atoms with Crippen molar-refractivity contribution in [3.8, 4) is 0 Å². The minimum absolute atomic E-state index is 0.713. The van der Waals surface area contributed by atoms with Gasteiger partial charge in [-0.25, -0.2) is 0 Å². The van der Waals surface area contributed by atoms with E-state index in [0.29, 0.717) is 5.88 Å². The third-order valence-corrected chi connectivity index (χ3v) is 4.31. The van der Waals surface area contributed by atoms with Crippen molar-refractivity contribution in [1.29, 1.82) is 0 Å². The summed E-state index contributed by atoms with van der Waals surface area (Å²) in [5.74, 6) is 1.75. The number of aryl methyl sites for hydroxylation is 1. The molecule has 0 aliphatic heterocycles. The average Bonchev–Trinajstić information content (AvgIpc) is 2.38. The predicted molar refractivity (Wildman–Crippen MR) is 89.5 cm³/mol. The van der Waals surface area contributed by atoms with E-state index >= 15 is 0 Å². The third kappa shape index (κ3) is 4.93. The van der Waals surface area contributed by atoms with E-state index in [1.807, 2.05) is 37.0 Å². The molecule has 0 aromatic carbocycles. The summed E-state index contributed by atoms with van der Waals surface area (Å²) in [7, 11) is 0. The lowest BCUT2D eigenvalue weighted by molar-refractivity contribution is 0.974. The molecule has 0 fully saturated rings. The Labute approximate surface area is 134 Å². The molecule has 2 heterocycles. The molecule has 0 spiro atoms. The number of pyridine rings is 2. The second-order valence-electron chi connectivity index (χ2n) is 4.55. The number of alkyl halides is 1. The van der Waals surface area contributed by atoms with Crippen molar-refractivity contribution in [3.05, 3.63) is 52.1 Å². The normalized spacial score (nSPS) is 10.7. The zero-order valence-corrected chi connectivity index (χ0v) is 13.7. The van der Waals surface area contributed by atoms with Gasteiger partial charge in [0.2, 0.25) is 0 Å². The van der Waals surface area contributed by atoms with E-state index in [0.717, 1.165) is 40.2 Å². The molecule has 2 aromatic rings. The van der Waals surface area contributed by atoms with Crippen molar-refractivity contribution in [2.45, 2.75) is 24.7 Å². The Morgan fingerprint density at radius 1 is 1.35 bits per heavy atom. The van der Waals surface area contributed by atoms with Gasteiger partial charge < -0.3 is 4.98 Å². The van der Waals surface area contributed by atoms with Crippen LogP contribution in [0.15, 0.2) is 35.4 Å². The third-order valence-electron chi connectivity index (χ3n) is 2.73. The van der Waals surface area contributed by atoms with E-state index in [4.69, 9.17) is 23.8 Å². The number of hydrogen-bond donors (Lipinski definition) is 1. The zero-order chi connectivity index (χ0) is 14.4. The largest absolute Gasteiger partial charge is 0.365 e. The fraction of sp³-hybridized carbons (Fsp3) is 0.333. The van der Waals surface area contributed by atoms with Crippen molar-refractivity contribution < 1.29 is 0 Å². The van der Waals surface area contributed by atoms with Crippen molar-refractivity contribution in [2.75, 3.05) is 11.6 Å². The number of thioether (sulfide) groups is 1. The summed E-state index contributed by atoms with van der Waals surface area (Å²) < 4.78 is 0.850. The summed E-state index contributed by atoms with van der Waals surface area (Å²) in [5.41, 5.74) is 3.20. The van der Waals surface area contributed by atoms with E-state index in [9.17, 15) is 0 Å². The van der Waals surface area contributed by atoms with Gasteiger partial charge in [0.25, 0.3) is 0 Å². The molecule has 20 heavy (non-hydrogen) atoms. The Hall–Kier alpha value is -0.840. The first kappa shape index (κ1) is 15.5. The number of rotatable bonds is 6. The average molecular weight is 325 g/mol. The van der Waals surface area contributed by atoms with E-state index in [1.165, 1.54) is 4.90 Å². The van der Waals surface area contributed by atoms with Gasteiger partial charge in [0.15, 0.2) is 0 Å². The fourth-order valence-corrected chi connectivity index (χ4v) is 3.41. The first-order valence-electron chi connectivity index (χ1n) is 6.51. The summed E-state index contributed by atoms with van der Waals surface area (Å²) in [6.45, 7) is 2.03. The molecule has 0 bridgehead atoms. The summed E-state index contributed by atoms with van der Waals surface area (Å²) in [4.78, 5) is 9.07. The second-order valence-corrected chi connectivity index (χ2v) is 6.57. The molecule has 0 radical (unpaired) electrons. The van der Waals surface area contributed by atoms with Crippen LogP contribution in [0.3, 0.4) is 0 Å². The van der Waals surface area contributed by atoms with Crippen molar-refractivity contribution in [2.24, 2.45) is 0 Å². The molecule has 0 saturated heterocycles. The number of aromatic nitrogens is 2. The Kier molecular flexibility index (Phi) is 6.07. The van der Waals surface area contributed by atoms with Crippen LogP contribution in [0.5, 0.6) is 0 Å². The van der Waals surface area contributed by atoms with Crippen LogP contribution in [0.1, 0.15) is 23.5 Å². The maximum Gasteiger partial charge on any atom is 0.0476 e. The number of aromatic amines is 1. The quantitative estimate of drug-likeness (QED) is 0.359. The SMILES string of the molecule is Cc1cc(SCCCCl)cc(Cc2cc(=S)cc[nH]2)n1. The molecule has 0 amide bonds. The number of nitrogens with one attached hydrogen (secondary N) is 1. The lowest BCUT2D eigenvalue weighted by Gasteiger charge is -2.07. The Balaban J connectivity index is 2.13. The summed E-state index contributed by atoms with van der Waals surface area (Å²) in [6.07, 6.45) is 3.67. The van der Waals surface area contributed by atoms with Crippen LogP contribution in [-0.4, -0.2) is 21.6 Å². The maximum absolute atomic E-state index is 5.71. The monoisotopic (exact) mass is 324 g/mol. The summed E-state index contributed by atoms with van der Waals surface area (Å²) >= 11 is 12.7. The van der Waals surface area contributed by atoms with Crippen LogP contribution in [0, 0.1) is 11.4 Å². The van der Waals surface area contributed by atoms with Crippen LogP contribution < -0.4 is 0 Å². The number of hydrogen-bond acceptors (Lipinski definition) is 3. The van der Waals surface area contributed by atoms with Crippen molar-refractivity contribution in [1.82, 2.24) is 9.97 Å². The number of nitrogens with zero attached hydrogens (tertiary/aromatic N) is 1. The Morgan fingerprint density at radius 2 is 2.20 bits per heavy atom. The molecule has 0 unspecified atom stereocenters. The van der Waals surface area contributed by atoms with Gasteiger partial charge in [0, 0.05) is 45.0 Å². The fourth-order valence-electron chi connectivity index (χ4n) is 1.91. The highest BCUT2D eigenvalue weighted by Gasteiger charge is 2.03. The predicted octanol–water partition coefficient (Wildman–Crippen LogP) is 4.76. The van der Waals surface area contributed by atoms with Gasteiger partial charge in [-0.3, -0.25) is 4.98 Å². The number of halogens is 1. The van der Waals surface area contributed by atoms with E-state index < -0.39 is 0 Å². The molecule has 0 saturated carbocycles. The number of H-pyrrole nitrogens is 1. The highest BCUT2D eigenvalue weighted by Crippen LogP contribution is 2.21. The van der Waals surface area contributed by atoms with E-state index in [-0.39, 0.29) is 0 Å². The van der Waals surface area contributed by atoms with Gasteiger partial charge in [0.05, 0.1) is 0 Å². The van der Waals surface area contributed by atoms with E-state index in [1.54, 1.807) is 0 Å². The molecule has 1 N–H and O–H groups in total. The smallest absolute Gasteiger partial charge is 0.0476 e. The van der Waals surface area contributed by atoms with Gasteiger partial charge in [-0.15, -0.1) is 23.4 Å². The second kappa shape index (κ2) is 7.81. The van der Waals surface area contributed by atoms with Crippen molar-refractivity contribution in [3.63, 3.8) is 0 Å². The molecule has 0 aliphatic rings. The molecule has 5 heteroatoms. The highest BCUT2D eigenvalue weighted by atomic mass is 35.5. The van der Waals surface area contributed by atoms with Crippen LogP contribution in [0.25, 0.3) is 0 Å². The summed E-state index contributed by atoms with van der Waals surface area (Å²) in [6, 6.07) is 8.14. The molecule has 2 nitrogen and oxygen atoms in total. The Bertz CT molecular complexity index is 625. The van der Waals surface area contributed by atoms with Crippen molar-refractivity contribution >= 4 is 35.6 Å². The molecule has 2 rings (SSSR count). The zero-order valence-electron chi connectivity index (χ0n) is 11.4. The van der Waals surface area contributed by atoms with Crippen LogP contribution >= 0.6 is 35.6 Å². The minimum Gasteiger partial charge on any atom is -0.365 e. The standard InChI is InChI=1S/C15H17ClN2S2/c1-11-7-15(20-6-2-4-16)10-13(18-11)8-12-9-14(19)3-5-17-12/h3,5,7,9-10H,2,4,6,8H2,1H3,(H,17,19). The van der Waals surface area contributed by atoms with Gasteiger partial charge in [-0.1, -0.05) is 12.2 Å². The molecular weight excluding hydrogens is 308 g/mol. The van der Waals surface area contributed by atoms with Gasteiger partial charge in [0.1, 0.15) is 0 Å². The van der Waals surface area contributed by atoms with Gasteiger partial charge >= 0.3 is 0 Å². The molecule has 0 atom stereocenters. The first-order valence-corrected chi connectivity index (χ1v) is 8.44. The lowest BCUT2D eigenvalue weighted by atomic mass is 10.2. The molecule has 0 aliphatic carbocycles. The van der Waals surface area contributed by atoms with Crippen LogP contribution in [-0.2, 0) is 6.42 Å². The molecule has 2 aromatic heterocycles. The Morgan fingerprint density at radius 3 is 2.95 bits per heavy atom. The minimum atomic E-state index is 0.713. The maximum atomic E-state index is 5.71.